The first-order valence-corrected chi connectivity index (χ1v) is 10.8. The molecular formula is C21H27N2NaO6S. The van der Waals surface area contributed by atoms with Gasteiger partial charge in [0.2, 0.25) is 5.91 Å². The number of hydrogen-bond acceptors (Lipinski definition) is 7. The molecule has 2 aliphatic rings. The van der Waals surface area contributed by atoms with E-state index in [1.54, 1.807) is 45.0 Å². The molecule has 2 amide bonds. The number of carbonyl (C=O) groups excluding carboxylic acids is 3. The molecule has 2 fully saturated rings. The number of benzene rings is 1. The van der Waals surface area contributed by atoms with Gasteiger partial charge in [0.1, 0.15) is 11.4 Å². The average Bonchev–Trinajstić information content (AvgIpc) is 2.94. The number of para-hydroxylation sites is 2. The predicted molar refractivity (Wildman–Crippen MR) is 110 cm³/mol. The number of aliphatic carboxylic acids is 1. The van der Waals surface area contributed by atoms with Gasteiger partial charge in [-0.3, -0.25) is 9.59 Å². The molecule has 1 aromatic rings. The van der Waals surface area contributed by atoms with Crippen molar-refractivity contribution in [1.29, 1.82) is 0 Å². The Morgan fingerprint density at radius 3 is 2.45 bits per heavy atom. The molecule has 0 aromatic heterocycles. The molecule has 1 aromatic carbocycles. The maximum Gasteiger partial charge on any atom is 1.00 e. The van der Waals surface area contributed by atoms with E-state index in [0.29, 0.717) is 24.3 Å². The van der Waals surface area contributed by atoms with Crippen LogP contribution in [-0.2, 0) is 14.4 Å². The SMILES string of the molecule is CCCC(C)(Oc1ccccc1OC)C(=O)N[C@@H]1C(=O)N2[C@@H]1SC(C)(C)[C@@H]2C(=O)[O-].[Na+]. The normalized spacial score (nSPS) is 25.4. The number of rotatable bonds is 8. The number of thioether (sulfide) groups is 1. The first-order valence-electron chi connectivity index (χ1n) is 9.89. The zero-order valence-electron chi connectivity index (χ0n) is 18.8. The third kappa shape index (κ3) is 4.69. The molecule has 1 N–H and O–H groups in total. The van der Waals surface area contributed by atoms with Crippen LogP contribution in [0.4, 0.5) is 0 Å². The van der Waals surface area contributed by atoms with Gasteiger partial charge in [0, 0.05) is 4.75 Å². The Kier molecular flexibility index (Phi) is 8.00. The summed E-state index contributed by atoms with van der Waals surface area (Å²) in [6.07, 6.45) is 1.11. The van der Waals surface area contributed by atoms with Gasteiger partial charge in [-0.15, -0.1) is 11.8 Å². The van der Waals surface area contributed by atoms with Gasteiger partial charge in [0.25, 0.3) is 5.91 Å². The average molecular weight is 459 g/mol. The van der Waals surface area contributed by atoms with Crippen molar-refractivity contribution in [3.05, 3.63) is 24.3 Å². The van der Waals surface area contributed by atoms with E-state index in [0.717, 1.165) is 0 Å². The van der Waals surface area contributed by atoms with Gasteiger partial charge in [-0.1, -0.05) is 25.5 Å². The van der Waals surface area contributed by atoms with Crippen LogP contribution >= 0.6 is 11.8 Å². The number of carbonyl (C=O) groups is 3. The van der Waals surface area contributed by atoms with Gasteiger partial charge in [0.15, 0.2) is 17.1 Å². The molecule has 2 saturated heterocycles. The van der Waals surface area contributed by atoms with Crippen molar-refractivity contribution in [2.24, 2.45) is 0 Å². The Balaban J connectivity index is 0.00000341. The Bertz CT molecular complexity index is 866. The smallest absolute Gasteiger partial charge is 0.548 e. The van der Waals surface area contributed by atoms with E-state index in [1.807, 2.05) is 6.92 Å². The molecule has 0 aliphatic carbocycles. The topological polar surface area (TPSA) is 108 Å². The molecule has 1 unspecified atom stereocenters. The van der Waals surface area contributed by atoms with E-state index in [9.17, 15) is 19.5 Å². The zero-order valence-corrected chi connectivity index (χ0v) is 21.6. The maximum absolute atomic E-state index is 13.2. The fourth-order valence-electron chi connectivity index (χ4n) is 4.05. The molecule has 0 saturated carbocycles. The summed E-state index contributed by atoms with van der Waals surface area (Å²) in [6, 6.07) is 5.22. The van der Waals surface area contributed by atoms with Crippen LogP contribution in [0, 0.1) is 0 Å². The van der Waals surface area contributed by atoms with Gasteiger partial charge >= 0.3 is 29.6 Å². The van der Waals surface area contributed by atoms with Crippen LogP contribution < -0.4 is 49.5 Å². The van der Waals surface area contributed by atoms with Gasteiger partial charge in [-0.25, -0.2) is 0 Å². The van der Waals surface area contributed by atoms with E-state index in [-0.39, 0.29) is 29.6 Å². The van der Waals surface area contributed by atoms with E-state index < -0.39 is 45.6 Å². The molecule has 0 bridgehead atoms. The number of carboxylic acids is 1. The van der Waals surface area contributed by atoms with Crippen LogP contribution in [0.1, 0.15) is 40.5 Å². The van der Waals surface area contributed by atoms with E-state index >= 15 is 0 Å². The van der Waals surface area contributed by atoms with Gasteiger partial charge in [-0.2, -0.15) is 0 Å². The number of amides is 2. The van der Waals surface area contributed by atoms with E-state index in [1.165, 1.54) is 23.8 Å². The Morgan fingerprint density at radius 2 is 1.90 bits per heavy atom. The summed E-state index contributed by atoms with van der Waals surface area (Å²) in [4.78, 5) is 38.7. The molecule has 4 atom stereocenters. The van der Waals surface area contributed by atoms with Gasteiger partial charge in [-0.05, 0) is 39.3 Å². The van der Waals surface area contributed by atoms with Crippen molar-refractivity contribution in [2.75, 3.05) is 7.11 Å². The number of carboxylic acid groups (broad SMARTS) is 1. The van der Waals surface area contributed by atoms with E-state index in [2.05, 4.69) is 5.32 Å². The number of nitrogens with zero attached hydrogens (tertiary/aromatic N) is 1. The van der Waals surface area contributed by atoms with Crippen molar-refractivity contribution >= 4 is 29.5 Å². The molecule has 31 heavy (non-hydrogen) atoms. The summed E-state index contributed by atoms with van der Waals surface area (Å²) in [5.41, 5.74) is -1.23. The minimum absolute atomic E-state index is 0. The molecule has 0 spiro atoms. The molecule has 2 heterocycles. The largest absolute Gasteiger partial charge is 1.00 e. The zero-order chi connectivity index (χ0) is 22.3. The van der Waals surface area contributed by atoms with Crippen LogP contribution in [0.15, 0.2) is 24.3 Å². The number of nitrogens with one attached hydrogen (secondary N) is 1. The van der Waals surface area contributed by atoms with Crippen LogP contribution in [0.3, 0.4) is 0 Å². The maximum atomic E-state index is 13.2. The second kappa shape index (κ2) is 9.60. The molecule has 2 aliphatic heterocycles. The standard InChI is InChI=1S/C21H28N2O6S.Na/c1-6-11-21(4,29-13-10-8-7-9-12(13)28-5)19(27)22-14-16(24)23-15(18(25)26)20(2,3)30-17(14)23;/h7-10,14-15,17H,6,11H2,1-5H3,(H,22,27)(H,25,26);/q;+1/p-1/t14-,15+,17-,21?;/m1./s1. The van der Waals surface area contributed by atoms with Crippen LogP contribution in [0.25, 0.3) is 0 Å². The van der Waals surface area contributed by atoms with Crippen LogP contribution in [-0.4, -0.2) is 57.6 Å². The Morgan fingerprint density at radius 1 is 1.29 bits per heavy atom. The van der Waals surface area contributed by atoms with Crippen molar-refractivity contribution in [2.45, 2.75) is 68.3 Å². The summed E-state index contributed by atoms with van der Waals surface area (Å²) in [5, 5.41) is 13.9. The van der Waals surface area contributed by atoms with E-state index in [4.69, 9.17) is 9.47 Å². The second-order valence-electron chi connectivity index (χ2n) is 8.26. The van der Waals surface area contributed by atoms with Gasteiger partial charge in [0.05, 0.1) is 19.1 Å². The summed E-state index contributed by atoms with van der Waals surface area (Å²) in [5.74, 6) is -1.20. The molecule has 3 rings (SSSR count). The minimum atomic E-state index is -1.29. The molecule has 0 radical (unpaired) electrons. The van der Waals surface area contributed by atoms with Crippen LogP contribution in [0.5, 0.6) is 11.5 Å². The molecule has 10 heteroatoms. The Hall–Kier alpha value is -1.42. The summed E-state index contributed by atoms with van der Waals surface area (Å²) in [6.45, 7) is 7.13. The fourth-order valence-corrected chi connectivity index (χ4v) is 5.67. The molecular weight excluding hydrogens is 431 g/mol. The number of methoxy groups -OCH3 is 1. The quantitative estimate of drug-likeness (QED) is 0.352. The number of β-lactam (4-membered cyclic amide) rings is 1. The molecule has 164 valence electrons. The van der Waals surface area contributed by atoms with Crippen molar-refractivity contribution < 1.29 is 58.5 Å². The second-order valence-corrected chi connectivity index (χ2v) is 10.0. The van der Waals surface area contributed by atoms with Crippen molar-refractivity contribution in [1.82, 2.24) is 10.2 Å². The third-order valence-electron chi connectivity index (χ3n) is 5.56. The third-order valence-corrected chi connectivity index (χ3v) is 7.13. The monoisotopic (exact) mass is 458 g/mol. The van der Waals surface area contributed by atoms with Crippen LogP contribution in [0.2, 0.25) is 0 Å². The first kappa shape index (κ1) is 25.8. The predicted octanol–water partition coefficient (Wildman–Crippen LogP) is -2.07. The Labute approximate surface area is 208 Å². The number of ether oxygens (including phenoxy) is 2. The number of hydrogen-bond donors (Lipinski definition) is 1. The van der Waals surface area contributed by atoms with Gasteiger partial charge < -0.3 is 29.6 Å². The fraction of sp³-hybridized carbons (Fsp3) is 0.571. The summed E-state index contributed by atoms with van der Waals surface area (Å²) >= 11 is 1.35. The molecule has 8 nitrogen and oxygen atoms in total. The first-order chi connectivity index (χ1) is 14.1. The minimum Gasteiger partial charge on any atom is -0.548 e. The van der Waals surface area contributed by atoms with Crippen molar-refractivity contribution in [3.8, 4) is 11.5 Å². The van der Waals surface area contributed by atoms with Crippen molar-refractivity contribution in [3.63, 3.8) is 0 Å². The summed E-state index contributed by atoms with van der Waals surface area (Å²) in [7, 11) is 1.52. The summed E-state index contributed by atoms with van der Waals surface area (Å²) < 4.78 is 10.7. The number of fused-ring (bicyclic) bond motifs is 1.